The summed E-state index contributed by atoms with van der Waals surface area (Å²) in [5.74, 6) is -0.713. The lowest BCUT2D eigenvalue weighted by Gasteiger charge is -2.08. The van der Waals surface area contributed by atoms with E-state index in [-0.39, 0.29) is 6.54 Å². The highest BCUT2D eigenvalue weighted by Gasteiger charge is 2.13. The van der Waals surface area contributed by atoms with Gasteiger partial charge in [0.05, 0.1) is 6.61 Å². The van der Waals surface area contributed by atoms with Crippen molar-refractivity contribution in [2.45, 2.75) is 13.5 Å². The molecule has 0 atom stereocenters. The number of ether oxygens (including phenoxy) is 1. The van der Waals surface area contributed by atoms with E-state index in [4.69, 9.17) is 16.3 Å². The van der Waals surface area contributed by atoms with Gasteiger partial charge in [-0.05, 0) is 48.9 Å². The van der Waals surface area contributed by atoms with Crippen LogP contribution in [-0.2, 0) is 16.1 Å². The zero-order valence-electron chi connectivity index (χ0n) is 12.6. The fourth-order valence-corrected chi connectivity index (χ4v) is 1.98. The fourth-order valence-electron chi connectivity index (χ4n) is 1.85. The Morgan fingerprint density at radius 1 is 1.00 bits per heavy atom. The maximum atomic E-state index is 11.8. The van der Waals surface area contributed by atoms with Gasteiger partial charge in [-0.1, -0.05) is 23.7 Å². The lowest BCUT2D eigenvalue weighted by Crippen LogP contribution is -2.34. The maximum absolute atomic E-state index is 11.8. The van der Waals surface area contributed by atoms with Crippen LogP contribution in [0.1, 0.15) is 12.5 Å². The van der Waals surface area contributed by atoms with Crippen LogP contribution in [-0.4, -0.2) is 18.4 Å². The minimum Gasteiger partial charge on any atom is -0.494 e. The topological polar surface area (TPSA) is 67.4 Å². The van der Waals surface area contributed by atoms with Crippen LogP contribution in [0.15, 0.2) is 48.5 Å². The number of nitrogens with one attached hydrogen (secondary N) is 2. The van der Waals surface area contributed by atoms with Crippen molar-refractivity contribution in [3.63, 3.8) is 0 Å². The van der Waals surface area contributed by atoms with E-state index in [0.717, 1.165) is 5.56 Å². The van der Waals surface area contributed by atoms with Gasteiger partial charge in [0.2, 0.25) is 0 Å². The molecule has 0 saturated carbocycles. The van der Waals surface area contributed by atoms with Crippen LogP contribution in [0, 0.1) is 0 Å². The standard InChI is InChI=1S/C17H17ClN2O3/c1-2-23-15-9-7-14(8-10-15)20-17(22)16(21)19-11-12-3-5-13(18)6-4-12/h3-10H,2,11H2,1H3,(H,19,21)(H,20,22). The van der Waals surface area contributed by atoms with Crippen LogP contribution in [0.4, 0.5) is 5.69 Å². The first kappa shape index (κ1) is 16.8. The molecular formula is C17H17ClN2O3. The van der Waals surface area contributed by atoms with Gasteiger partial charge in [-0.2, -0.15) is 0 Å². The number of rotatable bonds is 5. The lowest BCUT2D eigenvalue weighted by molar-refractivity contribution is -0.136. The van der Waals surface area contributed by atoms with Crippen molar-refractivity contribution in [1.82, 2.24) is 5.32 Å². The van der Waals surface area contributed by atoms with Gasteiger partial charge in [0.25, 0.3) is 0 Å². The fraction of sp³-hybridized carbons (Fsp3) is 0.176. The third kappa shape index (κ3) is 5.30. The van der Waals surface area contributed by atoms with Crippen LogP contribution in [0.5, 0.6) is 5.75 Å². The Bertz CT molecular complexity index is 669. The molecule has 0 aromatic heterocycles. The molecule has 2 aromatic carbocycles. The van der Waals surface area contributed by atoms with Gasteiger partial charge >= 0.3 is 11.8 Å². The summed E-state index contributed by atoms with van der Waals surface area (Å²) in [7, 11) is 0. The van der Waals surface area contributed by atoms with E-state index in [1.54, 1.807) is 48.5 Å². The highest BCUT2D eigenvalue weighted by Crippen LogP contribution is 2.15. The Morgan fingerprint density at radius 2 is 1.65 bits per heavy atom. The Balaban J connectivity index is 1.84. The molecular weight excluding hydrogens is 316 g/mol. The van der Waals surface area contributed by atoms with Crippen LogP contribution >= 0.6 is 11.6 Å². The third-order valence-corrected chi connectivity index (χ3v) is 3.25. The molecule has 2 rings (SSSR count). The first-order valence-electron chi connectivity index (χ1n) is 7.15. The van der Waals surface area contributed by atoms with Crippen LogP contribution in [0.2, 0.25) is 5.02 Å². The molecule has 0 spiro atoms. The van der Waals surface area contributed by atoms with Gasteiger partial charge in [-0.3, -0.25) is 9.59 Å². The van der Waals surface area contributed by atoms with E-state index in [2.05, 4.69) is 10.6 Å². The predicted molar refractivity (Wildman–Crippen MR) is 89.5 cm³/mol. The first-order valence-corrected chi connectivity index (χ1v) is 7.52. The monoisotopic (exact) mass is 332 g/mol. The highest BCUT2D eigenvalue weighted by atomic mass is 35.5. The zero-order chi connectivity index (χ0) is 16.7. The van der Waals surface area contributed by atoms with Gasteiger partial charge in [0.1, 0.15) is 5.75 Å². The highest BCUT2D eigenvalue weighted by molar-refractivity contribution is 6.39. The Hall–Kier alpha value is -2.53. The summed E-state index contributed by atoms with van der Waals surface area (Å²) in [5, 5.41) is 5.70. The Kier molecular flexibility index (Phi) is 6.00. The van der Waals surface area contributed by atoms with E-state index < -0.39 is 11.8 Å². The van der Waals surface area contributed by atoms with Crippen molar-refractivity contribution in [3.05, 3.63) is 59.1 Å². The molecule has 23 heavy (non-hydrogen) atoms. The number of halogens is 1. The summed E-state index contributed by atoms with van der Waals surface area (Å²) in [6.45, 7) is 2.71. The van der Waals surface area contributed by atoms with Gasteiger partial charge in [0, 0.05) is 17.3 Å². The third-order valence-electron chi connectivity index (χ3n) is 3.00. The molecule has 2 aromatic rings. The number of amides is 2. The van der Waals surface area contributed by atoms with Gasteiger partial charge in [-0.25, -0.2) is 0 Å². The molecule has 0 saturated heterocycles. The Morgan fingerprint density at radius 3 is 2.26 bits per heavy atom. The van der Waals surface area contributed by atoms with Crippen molar-refractivity contribution < 1.29 is 14.3 Å². The van der Waals surface area contributed by atoms with Gasteiger partial charge in [0.15, 0.2) is 0 Å². The minimum absolute atomic E-state index is 0.257. The molecule has 120 valence electrons. The number of anilines is 1. The van der Waals surface area contributed by atoms with Crippen LogP contribution in [0.25, 0.3) is 0 Å². The van der Waals surface area contributed by atoms with Crippen LogP contribution in [0.3, 0.4) is 0 Å². The molecule has 0 fully saturated rings. The second-order valence-electron chi connectivity index (χ2n) is 4.72. The molecule has 5 nitrogen and oxygen atoms in total. The molecule has 0 heterocycles. The minimum atomic E-state index is -0.719. The molecule has 0 aliphatic rings. The molecule has 0 radical (unpaired) electrons. The van der Waals surface area contributed by atoms with Crippen LogP contribution < -0.4 is 15.4 Å². The SMILES string of the molecule is CCOc1ccc(NC(=O)C(=O)NCc2ccc(Cl)cc2)cc1. The molecule has 0 aliphatic carbocycles. The maximum Gasteiger partial charge on any atom is 0.313 e. The summed E-state index contributed by atoms with van der Waals surface area (Å²) in [6, 6.07) is 13.8. The summed E-state index contributed by atoms with van der Waals surface area (Å²) >= 11 is 5.79. The van der Waals surface area contributed by atoms with E-state index in [1.807, 2.05) is 6.92 Å². The average Bonchev–Trinajstić information content (AvgIpc) is 2.56. The summed E-state index contributed by atoms with van der Waals surface area (Å²) < 4.78 is 5.31. The second-order valence-corrected chi connectivity index (χ2v) is 5.16. The summed E-state index contributed by atoms with van der Waals surface area (Å²) in [5.41, 5.74) is 1.39. The van der Waals surface area contributed by atoms with E-state index >= 15 is 0 Å². The smallest absolute Gasteiger partial charge is 0.313 e. The average molecular weight is 333 g/mol. The molecule has 2 N–H and O–H groups in total. The predicted octanol–water partition coefficient (Wildman–Crippen LogP) is 2.99. The summed E-state index contributed by atoms with van der Waals surface area (Å²) in [4.78, 5) is 23.6. The van der Waals surface area contributed by atoms with Gasteiger partial charge in [-0.15, -0.1) is 0 Å². The number of benzene rings is 2. The number of carbonyl (C=O) groups is 2. The van der Waals surface area contributed by atoms with Crippen molar-refractivity contribution in [2.75, 3.05) is 11.9 Å². The van der Waals surface area contributed by atoms with Gasteiger partial charge < -0.3 is 15.4 Å². The normalized spacial score (nSPS) is 10.0. The molecule has 0 unspecified atom stereocenters. The lowest BCUT2D eigenvalue weighted by atomic mass is 10.2. The second kappa shape index (κ2) is 8.19. The zero-order valence-corrected chi connectivity index (χ0v) is 13.4. The molecule has 6 heteroatoms. The van der Waals surface area contributed by atoms with E-state index in [9.17, 15) is 9.59 Å². The summed E-state index contributed by atoms with van der Waals surface area (Å²) in [6.07, 6.45) is 0. The van der Waals surface area contributed by atoms with E-state index in [0.29, 0.717) is 23.1 Å². The largest absolute Gasteiger partial charge is 0.494 e. The van der Waals surface area contributed by atoms with Crippen molar-refractivity contribution in [1.29, 1.82) is 0 Å². The Labute approximate surface area is 139 Å². The number of carbonyl (C=O) groups excluding carboxylic acids is 2. The quantitative estimate of drug-likeness (QED) is 0.827. The molecule has 2 amide bonds. The molecule has 0 bridgehead atoms. The number of hydrogen-bond donors (Lipinski definition) is 2. The first-order chi connectivity index (χ1) is 11.1. The van der Waals surface area contributed by atoms with Crippen molar-refractivity contribution >= 4 is 29.1 Å². The van der Waals surface area contributed by atoms with E-state index in [1.165, 1.54) is 0 Å². The van der Waals surface area contributed by atoms with Crippen molar-refractivity contribution in [2.24, 2.45) is 0 Å². The van der Waals surface area contributed by atoms with Crippen molar-refractivity contribution in [3.8, 4) is 5.75 Å². The number of hydrogen-bond acceptors (Lipinski definition) is 3. The molecule has 0 aliphatic heterocycles.